The number of carbonyl (C=O) groups excluding carboxylic acids is 1. The summed E-state index contributed by atoms with van der Waals surface area (Å²) < 4.78 is 43.5. The van der Waals surface area contributed by atoms with Crippen molar-refractivity contribution in [3.63, 3.8) is 0 Å². The van der Waals surface area contributed by atoms with Crippen LogP contribution in [0.2, 0.25) is 0 Å². The standard InChI is InChI=1S/C18H20F3N3O2S/c19-18(20,21)13-3-1-12(2-4-13)17-23-14(11-27-17)9-16(25)24-7-8-26-15(10-24)5-6-22/h1-4,11,15H,5-10,22H2. The number of amides is 1. The molecule has 1 aromatic carbocycles. The maximum Gasteiger partial charge on any atom is 0.416 e. The molecule has 27 heavy (non-hydrogen) atoms. The zero-order valence-corrected chi connectivity index (χ0v) is 15.4. The van der Waals surface area contributed by atoms with E-state index in [-0.39, 0.29) is 18.4 Å². The van der Waals surface area contributed by atoms with Crippen molar-refractivity contribution in [2.75, 3.05) is 26.2 Å². The van der Waals surface area contributed by atoms with Crippen molar-refractivity contribution in [1.82, 2.24) is 9.88 Å². The Morgan fingerprint density at radius 1 is 1.33 bits per heavy atom. The summed E-state index contributed by atoms with van der Waals surface area (Å²) in [6.07, 6.45) is -3.53. The normalized spacial score (nSPS) is 17.9. The number of thiazole rings is 1. The second kappa shape index (κ2) is 8.37. The molecule has 1 atom stereocenters. The maximum atomic E-state index is 12.7. The number of rotatable bonds is 5. The second-order valence-electron chi connectivity index (χ2n) is 6.31. The second-order valence-corrected chi connectivity index (χ2v) is 7.16. The van der Waals surface area contributed by atoms with Gasteiger partial charge in [0.1, 0.15) is 5.01 Å². The minimum absolute atomic E-state index is 0.0363. The zero-order chi connectivity index (χ0) is 19.4. The average molecular weight is 399 g/mol. The monoisotopic (exact) mass is 399 g/mol. The summed E-state index contributed by atoms with van der Waals surface area (Å²) >= 11 is 1.31. The number of halogens is 3. The Balaban J connectivity index is 1.63. The van der Waals surface area contributed by atoms with Crippen LogP contribution in [0.5, 0.6) is 0 Å². The smallest absolute Gasteiger partial charge is 0.374 e. The van der Waals surface area contributed by atoms with E-state index >= 15 is 0 Å². The van der Waals surface area contributed by atoms with Crippen LogP contribution in [-0.2, 0) is 22.1 Å². The molecule has 5 nitrogen and oxygen atoms in total. The molecule has 9 heteroatoms. The van der Waals surface area contributed by atoms with Gasteiger partial charge in [0.15, 0.2) is 0 Å². The van der Waals surface area contributed by atoms with Crippen LogP contribution in [-0.4, -0.2) is 48.1 Å². The highest BCUT2D eigenvalue weighted by atomic mass is 32.1. The van der Waals surface area contributed by atoms with Crippen molar-refractivity contribution < 1.29 is 22.7 Å². The lowest BCUT2D eigenvalue weighted by atomic mass is 10.1. The summed E-state index contributed by atoms with van der Waals surface area (Å²) in [5.41, 5.74) is 6.06. The molecule has 1 aliphatic heterocycles. The molecule has 146 valence electrons. The SMILES string of the molecule is NCCC1CN(C(=O)Cc2csc(-c3ccc(C(F)(F)F)cc3)n2)CCO1. The third kappa shape index (κ3) is 5.06. The Hall–Kier alpha value is -1.97. The van der Waals surface area contributed by atoms with E-state index in [9.17, 15) is 18.0 Å². The van der Waals surface area contributed by atoms with Gasteiger partial charge in [-0.25, -0.2) is 4.98 Å². The number of morpholine rings is 1. The molecule has 2 heterocycles. The van der Waals surface area contributed by atoms with Gasteiger partial charge in [-0.05, 0) is 25.1 Å². The molecular formula is C18H20F3N3O2S. The molecule has 1 amide bonds. The number of nitrogens with two attached hydrogens (primary N) is 1. The minimum atomic E-state index is -4.36. The van der Waals surface area contributed by atoms with Gasteiger partial charge >= 0.3 is 6.18 Å². The predicted octanol–water partition coefficient (Wildman–Crippen LogP) is 2.95. The number of carbonyl (C=O) groups is 1. The Morgan fingerprint density at radius 3 is 2.74 bits per heavy atom. The topological polar surface area (TPSA) is 68.5 Å². The molecule has 0 spiro atoms. The van der Waals surface area contributed by atoms with E-state index in [0.29, 0.717) is 48.9 Å². The van der Waals surface area contributed by atoms with Gasteiger partial charge in [0.05, 0.1) is 30.4 Å². The van der Waals surface area contributed by atoms with Crippen molar-refractivity contribution in [1.29, 1.82) is 0 Å². The molecular weight excluding hydrogens is 379 g/mol. The highest BCUT2D eigenvalue weighted by Crippen LogP contribution is 2.31. The van der Waals surface area contributed by atoms with Gasteiger partial charge in [0.25, 0.3) is 0 Å². The fraction of sp³-hybridized carbons (Fsp3) is 0.444. The first kappa shape index (κ1) is 19.8. The van der Waals surface area contributed by atoms with Gasteiger partial charge in [-0.3, -0.25) is 4.79 Å². The largest absolute Gasteiger partial charge is 0.416 e. The van der Waals surface area contributed by atoms with Gasteiger partial charge in [-0.2, -0.15) is 13.2 Å². The molecule has 1 saturated heterocycles. The summed E-state index contributed by atoms with van der Waals surface area (Å²) in [7, 11) is 0. The summed E-state index contributed by atoms with van der Waals surface area (Å²) in [6.45, 7) is 2.06. The fourth-order valence-corrected chi connectivity index (χ4v) is 3.72. The summed E-state index contributed by atoms with van der Waals surface area (Å²) in [6, 6.07) is 4.86. The average Bonchev–Trinajstić information content (AvgIpc) is 3.10. The Bertz CT molecular complexity index is 775. The summed E-state index contributed by atoms with van der Waals surface area (Å²) in [5, 5.41) is 2.36. The number of aromatic nitrogens is 1. The van der Waals surface area contributed by atoms with Crippen molar-refractivity contribution in [3.05, 3.63) is 40.9 Å². The maximum absolute atomic E-state index is 12.7. The van der Waals surface area contributed by atoms with Gasteiger partial charge in [-0.1, -0.05) is 12.1 Å². The van der Waals surface area contributed by atoms with Crippen LogP contribution in [0.25, 0.3) is 10.6 Å². The molecule has 2 N–H and O–H groups in total. The van der Waals surface area contributed by atoms with Crippen LogP contribution >= 0.6 is 11.3 Å². The van der Waals surface area contributed by atoms with Gasteiger partial charge in [0, 0.05) is 24.0 Å². The molecule has 1 aliphatic rings. The van der Waals surface area contributed by atoms with Crippen LogP contribution in [0.1, 0.15) is 17.7 Å². The number of nitrogens with zero attached hydrogens (tertiary/aromatic N) is 2. The van der Waals surface area contributed by atoms with E-state index in [1.807, 2.05) is 0 Å². The quantitative estimate of drug-likeness (QED) is 0.840. The Kier molecular flexibility index (Phi) is 6.13. The first-order chi connectivity index (χ1) is 12.9. The van der Waals surface area contributed by atoms with Gasteiger partial charge in [-0.15, -0.1) is 11.3 Å². The van der Waals surface area contributed by atoms with Crippen LogP contribution < -0.4 is 5.73 Å². The van der Waals surface area contributed by atoms with E-state index in [1.165, 1.54) is 23.5 Å². The number of benzene rings is 1. The number of hydrogen-bond acceptors (Lipinski definition) is 5. The molecule has 0 radical (unpaired) electrons. The Morgan fingerprint density at radius 2 is 2.07 bits per heavy atom. The summed E-state index contributed by atoms with van der Waals surface area (Å²) in [5.74, 6) is -0.0374. The highest BCUT2D eigenvalue weighted by Gasteiger charge is 2.30. The molecule has 0 saturated carbocycles. The molecule has 1 aromatic heterocycles. The van der Waals surface area contributed by atoms with Crippen LogP contribution in [0.15, 0.2) is 29.6 Å². The van der Waals surface area contributed by atoms with E-state index in [1.54, 1.807) is 10.3 Å². The zero-order valence-electron chi connectivity index (χ0n) is 14.5. The van der Waals surface area contributed by atoms with Crippen LogP contribution in [0.4, 0.5) is 13.2 Å². The number of hydrogen-bond donors (Lipinski definition) is 1. The molecule has 0 bridgehead atoms. The molecule has 2 aromatic rings. The fourth-order valence-electron chi connectivity index (χ4n) is 2.90. The number of ether oxygens (including phenoxy) is 1. The molecule has 3 rings (SSSR count). The van der Waals surface area contributed by atoms with Crippen molar-refractivity contribution in [3.8, 4) is 10.6 Å². The van der Waals surface area contributed by atoms with E-state index in [4.69, 9.17) is 10.5 Å². The number of alkyl halides is 3. The van der Waals surface area contributed by atoms with E-state index in [2.05, 4.69) is 4.98 Å². The van der Waals surface area contributed by atoms with Crippen molar-refractivity contribution >= 4 is 17.2 Å². The molecule has 0 aliphatic carbocycles. The first-order valence-electron chi connectivity index (χ1n) is 8.58. The van der Waals surface area contributed by atoms with Crippen molar-refractivity contribution in [2.45, 2.75) is 25.1 Å². The van der Waals surface area contributed by atoms with E-state index < -0.39 is 11.7 Å². The lowest BCUT2D eigenvalue weighted by Crippen LogP contribution is -2.46. The summed E-state index contributed by atoms with van der Waals surface area (Å²) in [4.78, 5) is 18.6. The third-order valence-electron chi connectivity index (χ3n) is 4.32. The highest BCUT2D eigenvalue weighted by molar-refractivity contribution is 7.13. The first-order valence-corrected chi connectivity index (χ1v) is 9.46. The van der Waals surface area contributed by atoms with Gasteiger partial charge < -0.3 is 15.4 Å². The van der Waals surface area contributed by atoms with Crippen LogP contribution in [0, 0.1) is 0 Å². The Labute approximate surface area is 158 Å². The molecule has 1 unspecified atom stereocenters. The lowest BCUT2D eigenvalue weighted by molar-refractivity contribution is -0.138. The van der Waals surface area contributed by atoms with Gasteiger partial charge in [0.2, 0.25) is 5.91 Å². The van der Waals surface area contributed by atoms with E-state index in [0.717, 1.165) is 12.1 Å². The van der Waals surface area contributed by atoms with Crippen LogP contribution in [0.3, 0.4) is 0 Å². The minimum Gasteiger partial charge on any atom is -0.374 e. The predicted molar refractivity (Wildman–Crippen MR) is 96.2 cm³/mol. The third-order valence-corrected chi connectivity index (χ3v) is 5.26. The molecule has 1 fully saturated rings. The lowest BCUT2D eigenvalue weighted by Gasteiger charge is -2.32. The van der Waals surface area contributed by atoms with Crippen molar-refractivity contribution in [2.24, 2.45) is 5.73 Å².